The summed E-state index contributed by atoms with van der Waals surface area (Å²) in [7, 11) is 0. The fraction of sp³-hybridized carbons (Fsp3) is 0.174. The molecule has 0 spiro atoms. The predicted molar refractivity (Wildman–Crippen MR) is 119 cm³/mol. The summed E-state index contributed by atoms with van der Waals surface area (Å²) in [6, 6.07) is 18.2. The van der Waals surface area contributed by atoms with Crippen LogP contribution in [0.2, 0.25) is 0 Å². The molecule has 1 unspecified atom stereocenters. The Morgan fingerprint density at radius 2 is 1.94 bits per heavy atom. The van der Waals surface area contributed by atoms with Crippen LogP contribution in [0.3, 0.4) is 0 Å². The van der Waals surface area contributed by atoms with E-state index < -0.39 is 0 Å². The van der Waals surface area contributed by atoms with Crippen molar-refractivity contribution in [1.29, 1.82) is 5.41 Å². The summed E-state index contributed by atoms with van der Waals surface area (Å²) in [6.07, 6.45) is 4.15. The number of fused-ring (bicyclic) bond motifs is 1. The van der Waals surface area contributed by atoms with E-state index in [9.17, 15) is 0 Å². The number of imidazole rings is 1. The van der Waals surface area contributed by atoms with Gasteiger partial charge >= 0.3 is 0 Å². The number of aromatic nitrogens is 4. The molecule has 3 heterocycles. The van der Waals surface area contributed by atoms with Crippen LogP contribution in [0.15, 0.2) is 77.4 Å². The van der Waals surface area contributed by atoms with E-state index >= 15 is 0 Å². The number of rotatable bonds is 6. The molecule has 1 aliphatic rings. The average Bonchev–Trinajstić information content (AvgIpc) is 3.47. The van der Waals surface area contributed by atoms with E-state index in [1.54, 1.807) is 12.6 Å². The maximum Gasteiger partial charge on any atom is 0.229 e. The molecule has 31 heavy (non-hydrogen) atoms. The topological polar surface area (TPSA) is 88.8 Å². The van der Waals surface area contributed by atoms with Crippen LogP contribution < -0.4 is 5.49 Å². The van der Waals surface area contributed by atoms with Crippen LogP contribution in [0, 0.1) is 5.41 Å². The lowest BCUT2D eigenvalue weighted by molar-refractivity contribution is 0.0766. The second-order valence-corrected chi connectivity index (χ2v) is 8.10. The Balaban J connectivity index is 1.58. The van der Waals surface area contributed by atoms with Crippen LogP contribution in [0.25, 0.3) is 11.2 Å². The van der Waals surface area contributed by atoms with Crippen LogP contribution in [-0.2, 0) is 22.4 Å². The van der Waals surface area contributed by atoms with Gasteiger partial charge in [0.05, 0.1) is 6.33 Å². The number of halogens is 1. The van der Waals surface area contributed by atoms with Gasteiger partial charge in [-0.2, -0.15) is 0 Å². The molecule has 0 aliphatic carbocycles. The summed E-state index contributed by atoms with van der Waals surface area (Å²) in [4.78, 5) is 12.5. The molecule has 8 heteroatoms. The Morgan fingerprint density at radius 3 is 2.71 bits per heavy atom. The van der Waals surface area contributed by atoms with Gasteiger partial charge in [-0.3, -0.25) is 5.41 Å². The molecule has 2 N–H and O–H groups in total. The smallest absolute Gasteiger partial charge is 0.229 e. The molecule has 1 aliphatic heterocycles. The fourth-order valence-corrected chi connectivity index (χ4v) is 4.26. The van der Waals surface area contributed by atoms with E-state index in [0.717, 1.165) is 16.5 Å². The highest BCUT2D eigenvalue weighted by molar-refractivity contribution is 9.10. The van der Waals surface area contributed by atoms with Crippen LogP contribution in [0.5, 0.6) is 0 Å². The van der Waals surface area contributed by atoms with Crippen molar-refractivity contribution in [1.82, 2.24) is 19.5 Å². The van der Waals surface area contributed by atoms with E-state index in [0.29, 0.717) is 29.3 Å². The minimum Gasteiger partial charge on any atom is -0.462 e. The molecule has 2 aromatic heterocycles. The average molecular weight is 478 g/mol. The molecule has 2 aromatic carbocycles. The minimum absolute atomic E-state index is 0.160. The van der Waals surface area contributed by atoms with E-state index in [1.807, 2.05) is 47.0 Å². The van der Waals surface area contributed by atoms with E-state index in [4.69, 9.17) is 19.9 Å². The van der Waals surface area contributed by atoms with Gasteiger partial charge in [0.25, 0.3) is 0 Å². The highest BCUT2D eigenvalue weighted by Gasteiger charge is 2.29. The third kappa shape index (κ3) is 3.86. The number of nitrogens with zero attached hydrogens (tertiary/aromatic N) is 3. The number of nitrogens with one attached hydrogen (secondary N) is 2. The number of ether oxygens (including phenoxy) is 2. The first-order chi connectivity index (χ1) is 15.2. The number of benzene rings is 2. The molecule has 156 valence electrons. The van der Waals surface area contributed by atoms with Crippen molar-refractivity contribution in [3.8, 4) is 0 Å². The predicted octanol–water partition coefficient (Wildman–Crippen LogP) is 4.22. The first-order valence-electron chi connectivity index (χ1n) is 9.93. The normalized spacial score (nSPS) is 14.2. The summed E-state index contributed by atoms with van der Waals surface area (Å²) in [6.45, 7) is 0.888. The zero-order chi connectivity index (χ0) is 21.2. The number of hydrogen-bond acceptors (Lipinski definition) is 5. The second kappa shape index (κ2) is 8.39. The number of hydrogen-bond donors (Lipinski definition) is 2. The fourth-order valence-electron chi connectivity index (χ4n) is 3.74. The van der Waals surface area contributed by atoms with Crippen molar-refractivity contribution in [2.45, 2.75) is 18.9 Å². The van der Waals surface area contributed by atoms with Crippen LogP contribution in [0.4, 0.5) is 0 Å². The van der Waals surface area contributed by atoms with Crippen molar-refractivity contribution in [2.24, 2.45) is 0 Å². The third-order valence-corrected chi connectivity index (χ3v) is 6.01. The number of allylic oxidation sites excluding steroid dienone is 1. The second-order valence-electron chi connectivity index (χ2n) is 7.25. The Morgan fingerprint density at radius 1 is 1.13 bits per heavy atom. The summed E-state index contributed by atoms with van der Waals surface area (Å²) in [5.41, 5.74) is 3.69. The Hall–Kier alpha value is -3.39. The molecule has 0 saturated carbocycles. The maximum absolute atomic E-state index is 8.29. The van der Waals surface area contributed by atoms with Gasteiger partial charge in [-0.05, 0) is 23.6 Å². The largest absolute Gasteiger partial charge is 0.462 e. The van der Waals surface area contributed by atoms with Gasteiger partial charge in [0.1, 0.15) is 29.3 Å². The SMILES string of the molecule is N=c1ncn(CCc2ccccc2)c2nc(C(C3=COCO3)c3ccccc3Br)[nH]c12. The van der Waals surface area contributed by atoms with Crippen LogP contribution in [-0.4, -0.2) is 26.3 Å². The summed E-state index contributed by atoms with van der Waals surface area (Å²) < 4.78 is 14.0. The molecule has 0 amide bonds. The highest BCUT2D eigenvalue weighted by atomic mass is 79.9. The lowest BCUT2D eigenvalue weighted by Gasteiger charge is -2.16. The monoisotopic (exact) mass is 477 g/mol. The zero-order valence-corrected chi connectivity index (χ0v) is 18.2. The van der Waals surface area contributed by atoms with Crippen molar-refractivity contribution in [3.05, 3.63) is 99.9 Å². The lowest BCUT2D eigenvalue weighted by atomic mass is 9.96. The van der Waals surface area contributed by atoms with E-state index in [2.05, 4.69) is 38.0 Å². The molecular formula is C23H20BrN5O2. The molecule has 0 bridgehead atoms. The van der Waals surface area contributed by atoms with Gasteiger partial charge in [-0.15, -0.1) is 0 Å². The van der Waals surface area contributed by atoms with Crippen molar-refractivity contribution >= 4 is 27.1 Å². The molecule has 0 fully saturated rings. The molecule has 0 radical (unpaired) electrons. The van der Waals surface area contributed by atoms with Gasteiger partial charge in [0, 0.05) is 11.0 Å². The number of aromatic amines is 1. The Kier molecular flexibility index (Phi) is 5.30. The quantitative estimate of drug-likeness (QED) is 0.435. The lowest BCUT2D eigenvalue weighted by Crippen LogP contribution is -2.13. The van der Waals surface area contributed by atoms with Crippen LogP contribution in [0.1, 0.15) is 22.9 Å². The van der Waals surface area contributed by atoms with Crippen molar-refractivity contribution in [3.63, 3.8) is 0 Å². The number of aryl methyl sites for hydroxylation is 2. The maximum atomic E-state index is 8.29. The molecule has 1 atom stereocenters. The molecular weight excluding hydrogens is 458 g/mol. The summed E-state index contributed by atoms with van der Waals surface area (Å²) in [5.74, 6) is 1.04. The standard InChI is InChI=1S/C23H20BrN5O2/c24-17-9-5-4-8-16(17)19(18-12-30-14-31-18)22-27-20-21(25)26-13-29(23(20)28-22)11-10-15-6-2-1-3-7-15/h1-9,12-13,19,25H,10-11,14H2,(H,27,28). The first kappa shape index (κ1) is 19.6. The van der Waals surface area contributed by atoms with Gasteiger partial charge in [-0.1, -0.05) is 64.5 Å². The van der Waals surface area contributed by atoms with Gasteiger partial charge in [0.2, 0.25) is 6.79 Å². The van der Waals surface area contributed by atoms with Gasteiger partial charge in [0.15, 0.2) is 11.1 Å². The molecule has 0 saturated heterocycles. The Labute approximate surface area is 187 Å². The molecule has 4 aromatic rings. The highest BCUT2D eigenvalue weighted by Crippen LogP contribution is 2.37. The summed E-state index contributed by atoms with van der Waals surface area (Å²) >= 11 is 3.64. The van der Waals surface area contributed by atoms with E-state index in [-0.39, 0.29) is 18.2 Å². The van der Waals surface area contributed by atoms with Gasteiger partial charge < -0.3 is 19.0 Å². The van der Waals surface area contributed by atoms with Crippen molar-refractivity contribution < 1.29 is 9.47 Å². The Bertz CT molecular complexity index is 1310. The van der Waals surface area contributed by atoms with Gasteiger partial charge in [-0.25, -0.2) is 9.97 Å². The molecule has 7 nitrogen and oxygen atoms in total. The number of H-pyrrole nitrogens is 1. The third-order valence-electron chi connectivity index (χ3n) is 5.29. The minimum atomic E-state index is -0.299. The molecule has 5 rings (SSSR count). The van der Waals surface area contributed by atoms with Crippen LogP contribution >= 0.6 is 15.9 Å². The van der Waals surface area contributed by atoms with E-state index in [1.165, 1.54) is 5.56 Å². The summed E-state index contributed by atoms with van der Waals surface area (Å²) in [5, 5.41) is 8.29. The first-order valence-corrected chi connectivity index (χ1v) is 10.7. The zero-order valence-electron chi connectivity index (χ0n) is 16.6. The van der Waals surface area contributed by atoms with Crippen molar-refractivity contribution in [2.75, 3.05) is 6.79 Å².